The molecule has 0 unspecified atom stereocenters. The Hall–Kier alpha value is -2.21. The van der Waals surface area contributed by atoms with Gasteiger partial charge in [0, 0.05) is 18.8 Å². The minimum absolute atomic E-state index is 0.100. The number of aryl methyl sites for hydroxylation is 1. The number of amides is 1. The molecule has 1 atom stereocenters. The molecule has 1 N–H and O–H groups in total. The van der Waals surface area contributed by atoms with Crippen LogP contribution in [-0.4, -0.2) is 40.3 Å². The number of carbonyl (C=O) groups is 1. The molecule has 3 heterocycles. The first-order valence-corrected chi connectivity index (χ1v) is 8.26. The summed E-state index contributed by atoms with van der Waals surface area (Å²) in [6, 6.07) is 6.40. The molecule has 6 nitrogen and oxygen atoms in total. The second-order valence-electron chi connectivity index (χ2n) is 6.33. The molecule has 1 aromatic heterocycles. The van der Waals surface area contributed by atoms with Crippen molar-refractivity contribution in [3.63, 3.8) is 0 Å². The van der Waals surface area contributed by atoms with Crippen LogP contribution in [0.3, 0.4) is 0 Å². The molecule has 120 valence electrons. The Bertz CT molecular complexity index is 732. The number of benzene rings is 1. The summed E-state index contributed by atoms with van der Waals surface area (Å²) in [5.41, 5.74) is 3.51. The van der Waals surface area contributed by atoms with E-state index in [4.69, 9.17) is 0 Å². The third kappa shape index (κ3) is 2.53. The maximum Gasteiger partial charge on any atom is 0.297 e. The summed E-state index contributed by atoms with van der Waals surface area (Å²) >= 11 is 0. The summed E-state index contributed by atoms with van der Waals surface area (Å²) in [5, 5.41) is 7.81. The molecule has 1 amide bonds. The van der Waals surface area contributed by atoms with Gasteiger partial charge in [0.1, 0.15) is 6.33 Å². The monoisotopic (exact) mass is 311 g/mol. The van der Waals surface area contributed by atoms with Crippen molar-refractivity contribution < 1.29 is 4.79 Å². The van der Waals surface area contributed by atoms with E-state index in [-0.39, 0.29) is 5.91 Å². The molecule has 1 aromatic carbocycles. The maximum absolute atomic E-state index is 12.8. The molecule has 0 aliphatic carbocycles. The van der Waals surface area contributed by atoms with Gasteiger partial charge in [0.05, 0.1) is 6.04 Å². The smallest absolute Gasteiger partial charge is 0.297 e. The Labute approximate surface area is 135 Å². The van der Waals surface area contributed by atoms with E-state index in [9.17, 15) is 4.79 Å². The van der Waals surface area contributed by atoms with Crippen LogP contribution in [0.1, 0.15) is 40.6 Å². The molecule has 0 bridgehead atoms. The predicted octanol–water partition coefficient (Wildman–Crippen LogP) is 1.71. The molecule has 0 radical (unpaired) electrons. The fourth-order valence-corrected chi connectivity index (χ4v) is 3.55. The predicted molar refractivity (Wildman–Crippen MR) is 87.7 cm³/mol. The van der Waals surface area contributed by atoms with Crippen molar-refractivity contribution >= 4 is 11.6 Å². The van der Waals surface area contributed by atoms with Crippen molar-refractivity contribution in [2.24, 2.45) is 0 Å². The second-order valence-corrected chi connectivity index (χ2v) is 6.33. The van der Waals surface area contributed by atoms with E-state index in [1.165, 1.54) is 11.1 Å². The molecule has 2 aliphatic rings. The first-order chi connectivity index (χ1) is 11.2. The van der Waals surface area contributed by atoms with Crippen LogP contribution < -0.4 is 10.2 Å². The summed E-state index contributed by atoms with van der Waals surface area (Å²) in [4.78, 5) is 18.9. The van der Waals surface area contributed by atoms with Gasteiger partial charge in [-0.2, -0.15) is 0 Å². The third-order valence-electron chi connectivity index (χ3n) is 4.85. The van der Waals surface area contributed by atoms with Crippen molar-refractivity contribution in [1.29, 1.82) is 0 Å². The average Bonchev–Trinajstić information content (AvgIpc) is 3.23. The molecule has 2 aliphatic heterocycles. The SMILES string of the molecule is Cc1cccc2c1CCN2C(=O)c1ncn([C@@H]2CCCNC2)n1. The number of piperidine rings is 1. The van der Waals surface area contributed by atoms with Crippen LogP contribution in [0.5, 0.6) is 0 Å². The highest BCUT2D eigenvalue weighted by Crippen LogP contribution is 2.31. The van der Waals surface area contributed by atoms with Crippen molar-refractivity contribution in [2.75, 3.05) is 24.5 Å². The van der Waals surface area contributed by atoms with E-state index >= 15 is 0 Å². The van der Waals surface area contributed by atoms with Crippen LogP contribution >= 0.6 is 0 Å². The number of nitrogens with one attached hydrogen (secondary N) is 1. The van der Waals surface area contributed by atoms with Gasteiger partial charge >= 0.3 is 0 Å². The largest absolute Gasteiger partial charge is 0.315 e. The molecule has 6 heteroatoms. The van der Waals surface area contributed by atoms with E-state index in [1.54, 1.807) is 11.2 Å². The van der Waals surface area contributed by atoms with Crippen molar-refractivity contribution in [1.82, 2.24) is 20.1 Å². The van der Waals surface area contributed by atoms with E-state index in [2.05, 4.69) is 28.4 Å². The molecular formula is C17H21N5O. The molecular weight excluding hydrogens is 290 g/mol. The number of aromatic nitrogens is 3. The van der Waals surface area contributed by atoms with Gasteiger partial charge in [-0.1, -0.05) is 12.1 Å². The summed E-state index contributed by atoms with van der Waals surface area (Å²) in [6.45, 7) is 4.75. The van der Waals surface area contributed by atoms with Gasteiger partial charge in [-0.25, -0.2) is 9.67 Å². The van der Waals surface area contributed by atoms with E-state index in [0.717, 1.165) is 38.0 Å². The van der Waals surface area contributed by atoms with Crippen molar-refractivity contribution in [3.8, 4) is 0 Å². The number of rotatable bonds is 2. The second kappa shape index (κ2) is 5.77. The van der Waals surface area contributed by atoms with Crippen LogP contribution in [0.4, 0.5) is 5.69 Å². The number of anilines is 1. The minimum atomic E-state index is -0.100. The Morgan fingerprint density at radius 1 is 1.39 bits per heavy atom. The van der Waals surface area contributed by atoms with Gasteiger partial charge < -0.3 is 10.2 Å². The Balaban J connectivity index is 1.57. The zero-order valence-corrected chi connectivity index (χ0v) is 13.3. The Morgan fingerprint density at radius 2 is 2.30 bits per heavy atom. The summed E-state index contributed by atoms with van der Waals surface area (Å²) < 4.78 is 1.84. The lowest BCUT2D eigenvalue weighted by Gasteiger charge is -2.22. The fourth-order valence-electron chi connectivity index (χ4n) is 3.55. The zero-order chi connectivity index (χ0) is 15.8. The lowest BCUT2D eigenvalue weighted by molar-refractivity contribution is 0.0978. The topological polar surface area (TPSA) is 63.1 Å². The van der Waals surface area contributed by atoms with Crippen LogP contribution in [0.2, 0.25) is 0 Å². The molecule has 0 spiro atoms. The number of hydrogen-bond acceptors (Lipinski definition) is 4. The molecule has 0 saturated carbocycles. The van der Waals surface area contributed by atoms with Crippen LogP contribution in [0.25, 0.3) is 0 Å². The number of hydrogen-bond donors (Lipinski definition) is 1. The lowest BCUT2D eigenvalue weighted by atomic mass is 10.1. The first-order valence-electron chi connectivity index (χ1n) is 8.26. The lowest BCUT2D eigenvalue weighted by Crippen LogP contribution is -2.32. The fraction of sp³-hybridized carbons (Fsp3) is 0.471. The van der Waals surface area contributed by atoms with Gasteiger partial charge in [0.25, 0.3) is 5.91 Å². The van der Waals surface area contributed by atoms with E-state index in [1.807, 2.05) is 16.8 Å². The normalized spacial score (nSPS) is 20.6. The number of nitrogens with zero attached hydrogens (tertiary/aromatic N) is 4. The van der Waals surface area contributed by atoms with Crippen molar-refractivity contribution in [2.45, 2.75) is 32.2 Å². The molecule has 2 aromatic rings. The zero-order valence-electron chi connectivity index (χ0n) is 13.3. The maximum atomic E-state index is 12.8. The van der Waals surface area contributed by atoms with Gasteiger partial charge in [-0.15, -0.1) is 5.10 Å². The summed E-state index contributed by atoms with van der Waals surface area (Å²) in [5.74, 6) is 0.196. The quantitative estimate of drug-likeness (QED) is 0.917. The van der Waals surface area contributed by atoms with Gasteiger partial charge in [0.2, 0.25) is 5.82 Å². The van der Waals surface area contributed by atoms with Crippen LogP contribution in [0, 0.1) is 6.92 Å². The standard InChI is InChI=1S/C17H21N5O/c1-12-4-2-6-15-14(12)7-9-21(15)17(23)16-19-11-22(20-16)13-5-3-8-18-10-13/h2,4,6,11,13,18H,3,5,7-10H2,1H3/t13-/m1/s1. The molecule has 1 fully saturated rings. The highest BCUT2D eigenvalue weighted by atomic mass is 16.2. The van der Waals surface area contributed by atoms with Crippen LogP contribution in [0.15, 0.2) is 24.5 Å². The van der Waals surface area contributed by atoms with E-state index in [0.29, 0.717) is 18.4 Å². The highest BCUT2D eigenvalue weighted by Gasteiger charge is 2.29. The molecule has 23 heavy (non-hydrogen) atoms. The number of fused-ring (bicyclic) bond motifs is 1. The number of carbonyl (C=O) groups excluding carboxylic acids is 1. The van der Waals surface area contributed by atoms with E-state index < -0.39 is 0 Å². The highest BCUT2D eigenvalue weighted by molar-refractivity contribution is 6.04. The Morgan fingerprint density at radius 3 is 3.13 bits per heavy atom. The van der Waals surface area contributed by atoms with Crippen LogP contribution in [-0.2, 0) is 6.42 Å². The Kier molecular flexibility index (Phi) is 3.61. The summed E-state index contributed by atoms with van der Waals surface area (Å²) in [7, 11) is 0. The molecule has 4 rings (SSSR count). The van der Waals surface area contributed by atoms with Gasteiger partial charge in [-0.05, 0) is 49.9 Å². The minimum Gasteiger partial charge on any atom is -0.315 e. The first kappa shape index (κ1) is 14.4. The summed E-state index contributed by atoms with van der Waals surface area (Å²) in [6.07, 6.45) is 4.81. The van der Waals surface area contributed by atoms with Gasteiger partial charge in [0.15, 0.2) is 0 Å². The van der Waals surface area contributed by atoms with Gasteiger partial charge in [-0.3, -0.25) is 4.79 Å². The average molecular weight is 311 g/mol. The van der Waals surface area contributed by atoms with Crippen molar-refractivity contribution in [3.05, 3.63) is 41.5 Å². The molecule has 1 saturated heterocycles. The third-order valence-corrected chi connectivity index (χ3v) is 4.85.